The number of benzene rings is 2. The zero-order valence-electron chi connectivity index (χ0n) is 13.7. The first kappa shape index (κ1) is 15.9. The summed E-state index contributed by atoms with van der Waals surface area (Å²) in [6, 6.07) is 10.6. The van der Waals surface area contributed by atoms with Crippen LogP contribution in [0, 0.1) is 6.92 Å². The molecule has 6 nitrogen and oxygen atoms in total. The van der Waals surface area contributed by atoms with E-state index in [1.54, 1.807) is 38.3 Å². The van der Waals surface area contributed by atoms with E-state index in [0.717, 1.165) is 5.56 Å². The Balaban J connectivity index is 1.93. The van der Waals surface area contributed by atoms with E-state index in [1.165, 1.54) is 0 Å². The second kappa shape index (κ2) is 6.23. The highest BCUT2D eigenvalue weighted by molar-refractivity contribution is 6.09. The van der Waals surface area contributed by atoms with Gasteiger partial charge in [0, 0.05) is 0 Å². The lowest BCUT2D eigenvalue weighted by Gasteiger charge is -2.25. The smallest absolute Gasteiger partial charge is 0.265 e. The van der Waals surface area contributed by atoms with Gasteiger partial charge < -0.3 is 20.1 Å². The zero-order valence-corrected chi connectivity index (χ0v) is 13.7. The molecule has 2 aromatic carbocycles. The lowest BCUT2D eigenvalue weighted by Crippen LogP contribution is -2.35. The number of fused-ring (bicyclic) bond motifs is 1. The van der Waals surface area contributed by atoms with Gasteiger partial charge in [0.05, 0.1) is 24.0 Å². The van der Waals surface area contributed by atoms with Gasteiger partial charge in [-0.3, -0.25) is 9.59 Å². The lowest BCUT2D eigenvalue weighted by atomic mass is 10.1. The van der Waals surface area contributed by atoms with E-state index in [-0.39, 0.29) is 11.8 Å². The SMILES string of the molecule is COc1ccc(C)cc1NC(=O)c1cccc2c1OC(C)C(=O)N2. The van der Waals surface area contributed by atoms with Crippen LogP contribution in [-0.4, -0.2) is 25.0 Å². The number of hydrogen-bond acceptors (Lipinski definition) is 4. The van der Waals surface area contributed by atoms with Crippen molar-refractivity contribution in [2.75, 3.05) is 17.7 Å². The van der Waals surface area contributed by atoms with Gasteiger partial charge in [0.2, 0.25) is 0 Å². The van der Waals surface area contributed by atoms with Crippen LogP contribution in [0.25, 0.3) is 0 Å². The second-order valence-electron chi connectivity index (χ2n) is 5.59. The highest BCUT2D eigenvalue weighted by Crippen LogP contribution is 2.34. The number of carbonyl (C=O) groups excluding carboxylic acids is 2. The van der Waals surface area contributed by atoms with Gasteiger partial charge >= 0.3 is 0 Å². The second-order valence-corrected chi connectivity index (χ2v) is 5.59. The summed E-state index contributed by atoms with van der Waals surface area (Å²) in [7, 11) is 1.55. The van der Waals surface area contributed by atoms with Crippen molar-refractivity contribution in [3.05, 3.63) is 47.5 Å². The van der Waals surface area contributed by atoms with E-state index in [1.807, 2.05) is 19.1 Å². The Labute approximate surface area is 139 Å². The molecule has 1 aliphatic rings. The molecule has 124 valence electrons. The summed E-state index contributed by atoms with van der Waals surface area (Å²) in [6.45, 7) is 3.57. The van der Waals surface area contributed by atoms with Crippen LogP contribution in [0.15, 0.2) is 36.4 Å². The molecule has 6 heteroatoms. The number of hydrogen-bond donors (Lipinski definition) is 2. The minimum atomic E-state index is -0.653. The highest BCUT2D eigenvalue weighted by atomic mass is 16.5. The Morgan fingerprint density at radius 1 is 1.29 bits per heavy atom. The Morgan fingerprint density at radius 2 is 2.08 bits per heavy atom. The third-order valence-corrected chi connectivity index (χ3v) is 3.78. The van der Waals surface area contributed by atoms with Crippen LogP contribution in [0.5, 0.6) is 11.5 Å². The third kappa shape index (κ3) is 2.90. The minimum Gasteiger partial charge on any atom is -0.495 e. The van der Waals surface area contributed by atoms with Crippen LogP contribution in [0.2, 0.25) is 0 Å². The summed E-state index contributed by atoms with van der Waals surface area (Å²) in [5.41, 5.74) is 2.41. The number of ether oxygens (including phenoxy) is 2. The van der Waals surface area contributed by atoms with Gasteiger partial charge in [0.25, 0.3) is 11.8 Å². The summed E-state index contributed by atoms with van der Waals surface area (Å²) in [5, 5.41) is 5.57. The number of anilines is 2. The summed E-state index contributed by atoms with van der Waals surface area (Å²) in [6.07, 6.45) is -0.653. The van der Waals surface area contributed by atoms with Gasteiger partial charge in [-0.15, -0.1) is 0 Å². The van der Waals surface area contributed by atoms with E-state index in [2.05, 4.69) is 10.6 Å². The maximum Gasteiger partial charge on any atom is 0.265 e. The molecule has 2 N–H and O–H groups in total. The first-order chi connectivity index (χ1) is 11.5. The molecule has 0 saturated carbocycles. The van der Waals surface area contributed by atoms with Crippen LogP contribution < -0.4 is 20.1 Å². The van der Waals surface area contributed by atoms with E-state index >= 15 is 0 Å². The zero-order chi connectivity index (χ0) is 17.3. The molecule has 0 saturated heterocycles. The first-order valence-corrected chi connectivity index (χ1v) is 7.56. The van der Waals surface area contributed by atoms with Gasteiger partial charge in [-0.05, 0) is 43.7 Å². The largest absolute Gasteiger partial charge is 0.495 e. The molecule has 2 aromatic rings. The summed E-state index contributed by atoms with van der Waals surface area (Å²) in [5.74, 6) is 0.370. The van der Waals surface area contributed by atoms with Crippen molar-refractivity contribution < 1.29 is 19.1 Å². The van der Waals surface area contributed by atoms with Crippen LogP contribution in [-0.2, 0) is 4.79 Å². The van der Waals surface area contributed by atoms with Gasteiger partial charge in [-0.1, -0.05) is 12.1 Å². The Kier molecular flexibility index (Phi) is 4.12. The summed E-state index contributed by atoms with van der Waals surface area (Å²) < 4.78 is 10.9. The molecule has 0 fully saturated rings. The number of amides is 2. The van der Waals surface area contributed by atoms with E-state index in [0.29, 0.717) is 28.4 Å². The molecule has 0 aromatic heterocycles. The molecule has 0 spiro atoms. The molecule has 0 radical (unpaired) electrons. The first-order valence-electron chi connectivity index (χ1n) is 7.56. The molecule has 3 rings (SSSR count). The van der Waals surface area contributed by atoms with Crippen LogP contribution in [0.4, 0.5) is 11.4 Å². The maximum atomic E-state index is 12.7. The Morgan fingerprint density at radius 3 is 2.83 bits per heavy atom. The minimum absolute atomic E-state index is 0.236. The molecule has 2 amide bonds. The van der Waals surface area contributed by atoms with Crippen molar-refractivity contribution in [2.24, 2.45) is 0 Å². The number of aryl methyl sites for hydroxylation is 1. The van der Waals surface area contributed by atoms with E-state index in [9.17, 15) is 9.59 Å². The van der Waals surface area contributed by atoms with Crippen molar-refractivity contribution in [1.29, 1.82) is 0 Å². The fourth-order valence-electron chi connectivity index (χ4n) is 2.52. The van der Waals surface area contributed by atoms with Gasteiger partial charge in [0.1, 0.15) is 5.75 Å². The van der Waals surface area contributed by atoms with Crippen molar-refractivity contribution >= 4 is 23.2 Å². The number of carbonyl (C=O) groups is 2. The maximum absolute atomic E-state index is 12.7. The van der Waals surface area contributed by atoms with Crippen LogP contribution >= 0.6 is 0 Å². The summed E-state index contributed by atoms with van der Waals surface area (Å²) >= 11 is 0. The van der Waals surface area contributed by atoms with Gasteiger partial charge in [0.15, 0.2) is 11.9 Å². The molecule has 0 bridgehead atoms. The third-order valence-electron chi connectivity index (χ3n) is 3.78. The topological polar surface area (TPSA) is 76.7 Å². The number of nitrogens with one attached hydrogen (secondary N) is 2. The average Bonchev–Trinajstić information content (AvgIpc) is 2.55. The van der Waals surface area contributed by atoms with Crippen molar-refractivity contribution in [3.8, 4) is 11.5 Å². The molecular formula is C18H18N2O4. The van der Waals surface area contributed by atoms with Crippen molar-refractivity contribution in [1.82, 2.24) is 0 Å². The number of para-hydroxylation sites is 1. The number of rotatable bonds is 3. The lowest BCUT2D eigenvalue weighted by molar-refractivity contribution is -0.122. The van der Waals surface area contributed by atoms with Crippen molar-refractivity contribution in [3.63, 3.8) is 0 Å². The van der Waals surface area contributed by atoms with E-state index < -0.39 is 6.10 Å². The Bertz CT molecular complexity index is 817. The molecule has 1 unspecified atom stereocenters. The molecule has 1 heterocycles. The molecular weight excluding hydrogens is 308 g/mol. The fourth-order valence-corrected chi connectivity index (χ4v) is 2.52. The molecule has 0 aliphatic carbocycles. The molecule has 1 atom stereocenters. The van der Waals surface area contributed by atoms with E-state index in [4.69, 9.17) is 9.47 Å². The van der Waals surface area contributed by atoms with Gasteiger partial charge in [-0.25, -0.2) is 0 Å². The quantitative estimate of drug-likeness (QED) is 0.909. The standard InChI is InChI=1S/C18H18N2O4/c1-10-7-8-15(23-3)14(9-10)20-18(22)12-5-4-6-13-16(12)24-11(2)17(21)19-13/h4-9,11H,1-3H3,(H,19,21)(H,20,22). The summed E-state index contributed by atoms with van der Waals surface area (Å²) in [4.78, 5) is 24.4. The highest BCUT2D eigenvalue weighted by Gasteiger charge is 2.27. The normalized spacial score (nSPS) is 15.8. The fraction of sp³-hybridized carbons (Fsp3) is 0.222. The average molecular weight is 326 g/mol. The predicted molar refractivity (Wildman–Crippen MR) is 90.8 cm³/mol. The Hall–Kier alpha value is -3.02. The number of methoxy groups -OCH3 is 1. The molecule has 24 heavy (non-hydrogen) atoms. The van der Waals surface area contributed by atoms with Gasteiger partial charge in [-0.2, -0.15) is 0 Å². The predicted octanol–water partition coefficient (Wildman–Crippen LogP) is 2.98. The van der Waals surface area contributed by atoms with Crippen LogP contribution in [0.1, 0.15) is 22.8 Å². The van der Waals surface area contributed by atoms with Crippen LogP contribution in [0.3, 0.4) is 0 Å². The monoisotopic (exact) mass is 326 g/mol. The van der Waals surface area contributed by atoms with Crippen molar-refractivity contribution in [2.45, 2.75) is 20.0 Å². The molecule has 1 aliphatic heterocycles.